The zero-order chi connectivity index (χ0) is 22.5. The molecule has 0 bridgehead atoms. The van der Waals surface area contributed by atoms with Crippen molar-refractivity contribution < 1.29 is 0 Å². The minimum Gasteiger partial charge on any atom is -0.308 e. The van der Waals surface area contributed by atoms with E-state index in [4.69, 9.17) is 16.6 Å². The van der Waals surface area contributed by atoms with E-state index in [0.717, 1.165) is 41.0 Å². The molecule has 0 unspecified atom stereocenters. The van der Waals surface area contributed by atoms with E-state index in [2.05, 4.69) is 58.1 Å². The molecule has 2 heterocycles. The van der Waals surface area contributed by atoms with Crippen LogP contribution in [0.15, 0.2) is 60.3 Å². The molecular weight excluding hydrogens is 428 g/mol. The summed E-state index contributed by atoms with van der Waals surface area (Å²) in [6.07, 6.45) is 6.02. The highest BCUT2D eigenvalue weighted by atomic mass is 35.5. The van der Waals surface area contributed by atoms with Gasteiger partial charge in [0.25, 0.3) is 0 Å². The molecule has 2 aliphatic rings. The monoisotopic (exact) mass is 450 g/mol. The van der Waals surface area contributed by atoms with Gasteiger partial charge in [-0.15, -0.1) is 0 Å². The maximum atomic E-state index is 9.73. The van der Waals surface area contributed by atoms with Gasteiger partial charge >= 0.3 is 0 Å². The lowest BCUT2D eigenvalue weighted by Gasteiger charge is -2.15. The molecule has 4 nitrogen and oxygen atoms in total. The lowest BCUT2D eigenvalue weighted by molar-refractivity contribution is 0.739. The van der Waals surface area contributed by atoms with E-state index in [1.165, 1.54) is 40.7 Å². The van der Waals surface area contributed by atoms with E-state index in [1.807, 2.05) is 13.0 Å². The van der Waals surface area contributed by atoms with E-state index >= 15 is 0 Å². The lowest BCUT2D eigenvalue weighted by Crippen LogP contribution is -2.06. The number of allylic oxidation sites excluding steroid dienone is 1. The number of benzene rings is 2. The second-order valence-corrected chi connectivity index (χ2v) is 9.46. The number of nitriles is 1. The SMILES string of the molecule is CC(C#N)=C1c2ccccc2CCc2cc(Cn3c(C4CC4)nc4c(Cl)ccnc43)ccc21. The van der Waals surface area contributed by atoms with Gasteiger partial charge in [-0.05, 0) is 66.5 Å². The lowest BCUT2D eigenvalue weighted by atomic mass is 9.90. The van der Waals surface area contributed by atoms with Crippen LogP contribution in [0.5, 0.6) is 0 Å². The number of pyridine rings is 1. The van der Waals surface area contributed by atoms with Crippen LogP contribution in [-0.4, -0.2) is 14.5 Å². The van der Waals surface area contributed by atoms with Gasteiger partial charge in [0.05, 0.1) is 17.6 Å². The number of hydrogen-bond acceptors (Lipinski definition) is 3. The van der Waals surface area contributed by atoms with Crippen LogP contribution in [0, 0.1) is 11.3 Å². The van der Waals surface area contributed by atoms with Gasteiger partial charge in [0.2, 0.25) is 0 Å². The third kappa shape index (κ3) is 3.44. The Hall–Kier alpha value is -3.42. The van der Waals surface area contributed by atoms with Crippen molar-refractivity contribution in [1.82, 2.24) is 14.5 Å². The first-order chi connectivity index (χ1) is 16.1. The molecule has 162 valence electrons. The summed E-state index contributed by atoms with van der Waals surface area (Å²) in [4.78, 5) is 9.49. The summed E-state index contributed by atoms with van der Waals surface area (Å²) >= 11 is 6.44. The van der Waals surface area contributed by atoms with Crippen LogP contribution in [0.4, 0.5) is 0 Å². The number of nitrogens with zero attached hydrogens (tertiary/aromatic N) is 4. The van der Waals surface area contributed by atoms with Crippen molar-refractivity contribution in [1.29, 1.82) is 5.26 Å². The van der Waals surface area contributed by atoms with Crippen molar-refractivity contribution in [2.45, 2.75) is 45.1 Å². The zero-order valence-corrected chi connectivity index (χ0v) is 19.2. The topological polar surface area (TPSA) is 54.5 Å². The molecule has 0 aliphatic heterocycles. The predicted molar refractivity (Wildman–Crippen MR) is 131 cm³/mol. The van der Waals surface area contributed by atoms with E-state index in [-0.39, 0.29) is 0 Å². The smallest absolute Gasteiger partial charge is 0.161 e. The Bertz CT molecular complexity index is 1480. The van der Waals surface area contributed by atoms with Crippen LogP contribution in [0.3, 0.4) is 0 Å². The van der Waals surface area contributed by atoms with Crippen LogP contribution >= 0.6 is 11.6 Å². The molecule has 0 spiro atoms. The van der Waals surface area contributed by atoms with Crippen LogP contribution in [-0.2, 0) is 19.4 Å². The van der Waals surface area contributed by atoms with Crippen molar-refractivity contribution in [3.63, 3.8) is 0 Å². The first kappa shape index (κ1) is 20.2. The number of hydrogen-bond donors (Lipinski definition) is 0. The average Bonchev–Trinajstić information content (AvgIpc) is 3.63. The minimum absolute atomic E-state index is 0.499. The van der Waals surface area contributed by atoms with Crippen molar-refractivity contribution in [3.05, 3.63) is 99.0 Å². The molecular formula is C28H23ClN4. The van der Waals surface area contributed by atoms with E-state index in [1.54, 1.807) is 6.20 Å². The average molecular weight is 451 g/mol. The predicted octanol–water partition coefficient (Wildman–Crippen LogP) is 6.45. The number of imidazole rings is 1. The summed E-state index contributed by atoms with van der Waals surface area (Å²) in [6, 6.07) is 19.4. The van der Waals surface area contributed by atoms with Gasteiger partial charge in [-0.2, -0.15) is 5.26 Å². The fraction of sp³-hybridized carbons (Fsp3) is 0.250. The highest BCUT2D eigenvalue weighted by Crippen LogP contribution is 2.42. The standard InChI is InChI=1S/C28H23ClN4/c1-17(15-30)25-22-5-3-2-4-19(22)7-10-21-14-18(6-11-23(21)25)16-33-27(20-8-9-20)32-26-24(29)12-13-31-28(26)33/h2-6,11-14,20H,7-10,16H2,1H3. The first-order valence-corrected chi connectivity index (χ1v) is 11.8. The molecule has 0 radical (unpaired) electrons. The fourth-order valence-corrected chi connectivity index (χ4v) is 5.23. The summed E-state index contributed by atoms with van der Waals surface area (Å²) in [5.74, 6) is 1.59. The molecule has 1 saturated carbocycles. The van der Waals surface area contributed by atoms with Crippen molar-refractivity contribution >= 4 is 28.3 Å². The molecule has 2 aliphatic carbocycles. The summed E-state index contributed by atoms with van der Waals surface area (Å²) in [5, 5.41) is 10.4. The largest absolute Gasteiger partial charge is 0.308 e. The van der Waals surface area contributed by atoms with Gasteiger partial charge in [0.1, 0.15) is 11.3 Å². The molecule has 6 rings (SSSR count). The molecule has 1 fully saturated rings. The van der Waals surface area contributed by atoms with Gasteiger partial charge in [-0.25, -0.2) is 9.97 Å². The summed E-state index contributed by atoms with van der Waals surface area (Å²) in [6.45, 7) is 2.64. The van der Waals surface area contributed by atoms with Crippen LogP contribution < -0.4 is 0 Å². The number of aromatic nitrogens is 3. The number of rotatable bonds is 3. The van der Waals surface area contributed by atoms with Crippen molar-refractivity contribution in [3.8, 4) is 6.07 Å². The second-order valence-electron chi connectivity index (χ2n) is 9.06. The van der Waals surface area contributed by atoms with Crippen molar-refractivity contribution in [2.24, 2.45) is 0 Å². The molecule has 0 atom stereocenters. The molecule has 0 amide bonds. The van der Waals surface area contributed by atoms with Crippen LogP contribution in [0.25, 0.3) is 16.7 Å². The van der Waals surface area contributed by atoms with Crippen molar-refractivity contribution in [2.75, 3.05) is 0 Å². The van der Waals surface area contributed by atoms with Gasteiger partial charge in [0, 0.05) is 23.3 Å². The highest BCUT2D eigenvalue weighted by molar-refractivity contribution is 6.34. The van der Waals surface area contributed by atoms with Gasteiger partial charge in [0.15, 0.2) is 5.65 Å². The summed E-state index contributed by atoms with van der Waals surface area (Å²) < 4.78 is 2.24. The Kier molecular flexibility index (Phi) is 4.81. The zero-order valence-electron chi connectivity index (χ0n) is 18.5. The third-order valence-corrected chi connectivity index (χ3v) is 7.13. The number of aryl methyl sites for hydroxylation is 2. The highest BCUT2D eigenvalue weighted by Gasteiger charge is 2.30. The normalized spacial score (nSPS) is 16.6. The third-order valence-electron chi connectivity index (χ3n) is 6.83. The molecule has 33 heavy (non-hydrogen) atoms. The molecule has 4 aromatic rings. The van der Waals surface area contributed by atoms with Crippen LogP contribution in [0.1, 0.15) is 59.3 Å². The summed E-state index contributed by atoms with van der Waals surface area (Å²) in [7, 11) is 0. The van der Waals surface area contributed by atoms with Gasteiger partial charge in [-0.3, -0.25) is 0 Å². The Morgan fingerprint density at radius 3 is 2.70 bits per heavy atom. The van der Waals surface area contributed by atoms with Gasteiger partial charge in [-0.1, -0.05) is 54.1 Å². The maximum absolute atomic E-state index is 9.73. The van der Waals surface area contributed by atoms with E-state index in [0.29, 0.717) is 17.5 Å². The number of halogens is 1. The maximum Gasteiger partial charge on any atom is 0.161 e. The Morgan fingerprint density at radius 2 is 1.88 bits per heavy atom. The first-order valence-electron chi connectivity index (χ1n) is 11.5. The Balaban J connectivity index is 1.46. The molecule has 0 saturated heterocycles. The fourth-order valence-electron chi connectivity index (χ4n) is 5.05. The molecule has 2 aromatic carbocycles. The molecule has 0 N–H and O–H groups in total. The van der Waals surface area contributed by atoms with Crippen LogP contribution in [0.2, 0.25) is 5.02 Å². The van der Waals surface area contributed by atoms with E-state index < -0.39 is 0 Å². The van der Waals surface area contributed by atoms with Gasteiger partial charge < -0.3 is 4.57 Å². The quantitative estimate of drug-likeness (QED) is 0.337. The minimum atomic E-state index is 0.499. The number of fused-ring (bicyclic) bond motifs is 3. The Morgan fingerprint density at radius 1 is 1.09 bits per heavy atom. The Labute approximate surface area is 198 Å². The summed E-state index contributed by atoms with van der Waals surface area (Å²) in [5.41, 5.74) is 9.62. The molecule has 2 aromatic heterocycles. The van der Waals surface area contributed by atoms with E-state index in [9.17, 15) is 5.26 Å². The molecule has 5 heteroatoms. The second kappa shape index (κ2) is 7.86.